The number of hydrogen-bond donors (Lipinski definition) is 1. The van der Waals surface area contributed by atoms with Crippen molar-refractivity contribution in [3.05, 3.63) is 52.3 Å². The van der Waals surface area contributed by atoms with E-state index in [0.717, 1.165) is 4.47 Å². The van der Waals surface area contributed by atoms with Gasteiger partial charge in [0, 0.05) is 22.4 Å². The Hall–Kier alpha value is -2.39. The van der Waals surface area contributed by atoms with Crippen molar-refractivity contribution in [3.63, 3.8) is 0 Å². The molecule has 5 nitrogen and oxygen atoms in total. The maximum absolute atomic E-state index is 12.0. The van der Waals surface area contributed by atoms with E-state index < -0.39 is 0 Å². The van der Waals surface area contributed by atoms with Crippen molar-refractivity contribution >= 4 is 27.5 Å². The first kappa shape index (κ1) is 14.0. The summed E-state index contributed by atoms with van der Waals surface area (Å²) in [6.07, 6.45) is 1.36. The van der Waals surface area contributed by atoms with E-state index in [2.05, 4.69) is 26.2 Å². The minimum Gasteiger partial charge on any atom is -0.497 e. The van der Waals surface area contributed by atoms with E-state index >= 15 is 0 Å². The summed E-state index contributed by atoms with van der Waals surface area (Å²) in [5.41, 5.74) is 1.24. The van der Waals surface area contributed by atoms with E-state index in [9.17, 15) is 4.79 Å². The van der Waals surface area contributed by atoms with Crippen LogP contribution in [0.4, 0.5) is 5.69 Å². The number of hydrogen-bond acceptors (Lipinski definition) is 4. The van der Waals surface area contributed by atoms with Crippen LogP contribution in [0.5, 0.6) is 5.75 Å². The van der Waals surface area contributed by atoms with Gasteiger partial charge in [-0.25, -0.2) is 4.98 Å². The molecule has 0 spiro atoms. The van der Waals surface area contributed by atoms with Crippen molar-refractivity contribution in [3.8, 4) is 11.8 Å². The van der Waals surface area contributed by atoms with E-state index in [1.165, 1.54) is 12.3 Å². The Morgan fingerprint density at radius 2 is 2.20 bits per heavy atom. The van der Waals surface area contributed by atoms with E-state index in [1.54, 1.807) is 31.4 Å². The molecule has 0 aliphatic rings. The second-order valence-corrected chi connectivity index (χ2v) is 4.79. The normalized spacial score (nSPS) is 9.65. The number of nitriles is 1. The number of benzene rings is 1. The maximum Gasteiger partial charge on any atom is 0.274 e. The van der Waals surface area contributed by atoms with Gasteiger partial charge in [0.05, 0.1) is 12.7 Å². The first-order valence-electron chi connectivity index (χ1n) is 5.64. The standard InChI is InChI=1S/C14H10BrN3O2/c1-20-12-5-10(15)4-11(6-12)18-14(19)13-3-2-9(7-16)8-17-13/h2-6,8H,1H3,(H,18,19). The predicted molar refractivity (Wildman–Crippen MR) is 77.6 cm³/mol. The van der Waals surface area contributed by atoms with Gasteiger partial charge in [-0.1, -0.05) is 15.9 Å². The molecule has 100 valence electrons. The second-order valence-electron chi connectivity index (χ2n) is 3.88. The zero-order valence-corrected chi connectivity index (χ0v) is 12.1. The summed E-state index contributed by atoms with van der Waals surface area (Å²) in [4.78, 5) is 15.9. The number of carbonyl (C=O) groups is 1. The number of anilines is 1. The van der Waals surface area contributed by atoms with Gasteiger partial charge in [-0.2, -0.15) is 5.26 Å². The fraction of sp³-hybridized carbons (Fsp3) is 0.0714. The third kappa shape index (κ3) is 3.33. The van der Waals surface area contributed by atoms with Gasteiger partial charge in [0.1, 0.15) is 17.5 Å². The molecule has 1 amide bonds. The summed E-state index contributed by atoms with van der Waals surface area (Å²) >= 11 is 3.34. The van der Waals surface area contributed by atoms with Crippen molar-refractivity contribution in [2.75, 3.05) is 12.4 Å². The summed E-state index contributed by atoms with van der Waals surface area (Å²) in [5.74, 6) is 0.275. The Kier molecular flexibility index (Phi) is 4.33. The lowest BCUT2D eigenvalue weighted by Crippen LogP contribution is -2.13. The van der Waals surface area contributed by atoms with E-state index in [-0.39, 0.29) is 11.6 Å². The Morgan fingerprint density at radius 3 is 2.80 bits per heavy atom. The number of nitrogens with one attached hydrogen (secondary N) is 1. The molecule has 2 rings (SSSR count). The molecular weight excluding hydrogens is 322 g/mol. The van der Waals surface area contributed by atoms with Gasteiger partial charge < -0.3 is 10.1 Å². The molecule has 1 N–H and O–H groups in total. The highest BCUT2D eigenvalue weighted by Gasteiger charge is 2.09. The van der Waals surface area contributed by atoms with Crippen LogP contribution in [0.25, 0.3) is 0 Å². The van der Waals surface area contributed by atoms with Gasteiger partial charge >= 0.3 is 0 Å². The van der Waals surface area contributed by atoms with Crippen molar-refractivity contribution in [2.24, 2.45) is 0 Å². The molecule has 0 aliphatic heterocycles. The summed E-state index contributed by atoms with van der Waals surface area (Å²) in [6.45, 7) is 0. The molecule has 2 aromatic rings. The van der Waals surface area contributed by atoms with Crippen LogP contribution in [0.2, 0.25) is 0 Å². The number of nitrogens with zero attached hydrogens (tertiary/aromatic N) is 2. The topological polar surface area (TPSA) is 75.0 Å². The van der Waals surface area contributed by atoms with Crippen LogP contribution >= 0.6 is 15.9 Å². The number of pyridine rings is 1. The molecule has 1 aromatic carbocycles. The lowest BCUT2D eigenvalue weighted by Gasteiger charge is -2.07. The Morgan fingerprint density at radius 1 is 1.40 bits per heavy atom. The van der Waals surface area contributed by atoms with Gasteiger partial charge in [0.15, 0.2) is 0 Å². The monoisotopic (exact) mass is 331 g/mol. The van der Waals surface area contributed by atoms with Gasteiger partial charge in [0.25, 0.3) is 5.91 Å². The Balaban J connectivity index is 2.18. The van der Waals surface area contributed by atoms with E-state index in [0.29, 0.717) is 17.0 Å². The average Bonchev–Trinajstić information content (AvgIpc) is 2.46. The van der Waals surface area contributed by atoms with Crippen LogP contribution in [0, 0.1) is 11.3 Å². The number of amides is 1. The Bertz CT molecular complexity index is 678. The second kappa shape index (κ2) is 6.17. The number of ether oxygens (including phenoxy) is 1. The number of rotatable bonds is 3. The first-order chi connectivity index (χ1) is 9.62. The lowest BCUT2D eigenvalue weighted by molar-refractivity contribution is 0.102. The highest BCUT2D eigenvalue weighted by molar-refractivity contribution is 9.10. The molecule has 6 heteroatoms. The molecule has 0 saturated carbocycles. The number of aromatic nitrogens is 1. The number of carbonyl (C=O) groups excluding carboxylic acids is 1. The quantitative estimate of drug-likeness (QED) is 0.938. The summed E-state index contributed by atoms with van der Waals surface area (Å²) < 4.78 is 5.91. The molecule has 0 bridgehead atoms. The van der Waals surface area contributed by atoms with Crippen LogP contribution in [-0.2, 0) is 0 Å². The highest BCUT2D eigenvalue weighted by atomic mass is 79.9. The minimum absolute atomic E-state index is 0.239. The molecule has 0 fully saturated rings. The van der Waals surface area contributed by atoms with Crippen LogP contribution in [0.1, 0.15) is 16.1 Å². The Labute approximate surface area is 124 Å². The molecule has 0 atom stereocenters. The number of methoxy groups -OCH3 is 1. The van der Waals surface area contributed by atoms with Gasteiger partial charge in [-0.3, -0.25) is 4.79 Å². The molecule has 0 unspecified atom stereocenters. The molecule has 0 aliphatic carbocycles. The largest absolute Gasteiger partial charge is 0.497 e. The van der Waals surface area contributed by atoms with Crippen LogP contribution in [0.15, 0.2) is 41.0 Å². The van der Waals surface area contributed by atoms with E-state index in [4.69, 9.17) is 10.00 Å². The van der Waals surface area contributed by atoms with Gasteiger partial charge in [0.2, 0.25) is 0 Å². The number of halogens is 1. The van der Waals surface area contributed by atoms with Crippen molar-refractivity contribution in [1.82, 2.24) is 4.98 Å². The summed E-state index contributed by atoms with van der Waals surface area (Å²) in [6, 6.07) is 10.2. The molecule has 0 radical (unpaired) electrons. The zero-order chi connectivity index (χ0) is 14.5. The van der Waals surface area contributed by atoms with Crippen LogP contribution in [0.3, 0.4) is 0 Å². The first-order valence-corrected chi connectivity index (χ1v) is 6.44. The highest BCUT2D eigenvalue weighted by Crippen LogP contribution is 2.24. The van der Waals surface area contributed by atoms with Gasteiger partial charge in [-0.05, 0) is 24.3 Å². The fourth-order valence-electron chi connectivity index (χ4n) is 1.54. The summed E-state index contributed by atoms with van der Waals surface area (Å²) in [5, 5.41) is 11.4. The molecular formula is C14H10BrN3O2. The third-order valence-electron chi connectivity index (χ3n) is 2.49. The maximum atomic E-state index is 12.0. The van der Waals surface area contributed by atoms with Crippen molar-refractivity contribution in [1.29, 1.82) is 5.26 Å². The van der Waals surface area contributed by atoms with Crippen LogP contribution < -0.4 is 10.1 Å². The van der Waals surface area contributed by atoms with Crippen LogP contribution in [-0.4, -0.2) is 18.0 Å². The molecule has 0 saturated heterocycles. The third-order valence-corrected chi connectivity index (χ3v) is 2.95. The zero-order valence-electron chi connectivity index (χ0n) is 10.6. The molecule has 1 aromatic heterocycles. The van der Waals surface area contributed by atoms with Crippen molar-refractivity contribution in [2.45, 2.75) is 0 Å². The van der Waals surface area contributed by atoms with Gasteiger partial charge in [-0.15, -0.1) is 0 Å². The van der Waals surface area contributed by atoms with E-state index in [1.807, 2.05) is 6.07 Å². The molecule has 20 heavy (non-hydrogen) atoms. The predicted octanol–water partition coefficient (Wildman–Crippen LogP) is 2.98. The SMILES string of the molecule is COc1cc(Br)cc(NC(=O)c2ccc(C#N)cn2)c1. The molecule has 1 heterocycles. The smallest absolute Gasteiger partial charge is 0.274 e. The summed E-state index contributed by atoms with van der Waals surface area (Å²) in [7, 11) is 1.55. The lowest BCUT2D eigenvalue weighted by atomic mass is 10.2. The minimum atomic E-state index is -0.352. The average molecular weight is 332 g/mol. The fourth-order valence-corrected chi connectivity index (χ4v) is 2.01. The van der Waals surface area contributed by atoms with Crippen molar-refractivity contribution < 1.29 is 9.53 Å².